The Balaban J connectivity index is 0.00000205. The molecule has 212 valence electrons. The fourth-order valence-corrected chi connectivity index (χ4v) is 4.77. The largest absolute Gasteiger partial charge is 0.573 e. The van der Waals surface area contributed by atoms with E-state index in [0.717, 1.165) is 22.0 Å². The topological polar surface area (TPSA) is 78.3 Å². The molecule has 7 nitrogen and oxygen atoms in total. The summed E-state index contributed by atoms with van der Waals surface area (Å²) in [6, 6.07) is 7.53. The molecule has 1 aliphatic heterocycles. The molecule has 0 bridgehead atoms. The second kappa shape index (κ2) is 13.5. The molecule has 4 rings (SSSR count). The predicted octanol–water partition coefficient (Wildman–Crippen LogP) is 6.85. The molecule has 1 fully saturated rings. The SMILES string of the molecule is CC.CCc1ccc(OC(F)(F)F)c(Sc2ccc(-n3ncc(NCC4(F)CCCOC4)c(Cl)c3=O)cn2)c1. The average Bonchev–Trinajstić information content (AvgIpc) is 2.92. The van der Waals surface area contributed by atoms with Gasteiger partial charge in [0.25, 0.3) is 5.56 Å². The van der Waals surface area contributed by atoms with E-state index < -0.39 is 17.6 Å². The number of benzene rings is 1. The van der Waals surface area contributed by atoms with Crippen LogP contribution in [-0.2, 0) is 11.2 Å². The summed E-state index contributed by atoms with van der Waals surface area (Å²) in [5, 5.41) is 7.15. The molecule has 39 heavy (non-hydrogen) atoms. The third kappa shape index (κ3) is 8.33. The van der Waals surface area contributed by atoms with E-state index in [4.69, 9.17) is 16.3 Å². The molecule has 1 aromatic carbocycles. The average molecular weight is 589 g/mol. The fraction of sp³-hybridized carbons (Fsp3) is 0.423. The van der Waals surface area contributed by atoms with Crippen LogP contribution in [0, 0.1) is 0 Å². The van der Waals surface area contributed by atoms with E-state index in [2.05, 4.69) is 20.1 Å². The van der Waals surface area contributed by atoms with Gasteiger partial charge in [0.1, 0.15) is 15.8 Å². The lowest BCUT2D eigenvalue weighted by molar-refractivity contribution is -0.275. The van der Waals surface area contributed by atoms with Gasteiger partial charge in [-0.15, -0.1) is 13.2 Å². The highest BCUT2D eigenvalue weighted by Crippen LogP contribution is 2.37. The molecule has 3 heterocycles. The highest BCUT2D eigenvalue weighted by atomic mass is 35.5. The molecule has 1 N–H and O–H groups in total. The fourth-order valence-electron chi connectivity index (χ4n) is 3.68. The number of aromatic nitrogens is 3. The molecule has 0 saturated carbocycles. The van der Waals surface area contributed by atoms with E-state index in [1.165, 1.54) is 24.5 Å². The summed E-state index contributed by atoms with van der Waals surface area (Å²) < 4.78 is 63.6. The van der Waals surface area contributed by atoms with Gasteiger partial charge in [-0.3, -0.25) is 4.79 Å². The molecule has 0 amide bonds. The minimum absolute atomic E-state index is 0.0370. The molecule has 1 unspecified atom stereocenters. The Morgan fingerprint density at radius 1 is 1.23 bits per heavy atom. The van der Waals surface area contributed by atoms with Gasteiger partial charge in [0.15, 0.2) is 5.67 Å². The highest BCUT2D eigenvalue weighted by Gasteiger charge is 2.33. The van der Waals surface area contributed by atoms with Crippen molar-refractivity contribution in [2.75, 3.05) is 25.1 Å². The summed E-state index contributed by atoms with van der Waals surface area (Å²) in [5.41, 5.74) is -0.881. The number of pyridine rings is 1. The van der Waals surface area contributed by atoms with Crippen molar-refractivity contribution < 1.29 is 27.0 Å². The number of alkyl halides is 4. The lowest BCUT2D eigenvalue weighted by atomic mass is 9.99. The van der Waals surface area contributed by atoms with Gasteiger partial charge in [0, 0.05) is 6.61 Å². The number of nitrogens with one attached hydrogen (secondary N) is 1. The van der Waals surface area contributed by atoms with Crippen molar-refractivity contribution in [2.24, 2.45) is 0 Å². The molecule has 0 spiro atoms. The van der Waals surface area contributed by atoms with Crippen molar-refractivity contribution in [1.29, 1.82) is 0 Å². The number of aryl methyl sites for hydroxylation is 1. The standard InChI is InChI=1S/C24H23ClF4N4O3S.C2H6/c1-2-15-4-6-18(36-24(27,28)29)19(10-15)37-20-7-5-16(11-30-20)33-22(34)21(25)17(12-32-33)31-13-23(26)8-3-9-35-14-23;1-2/h4-7,10-12,31H,2-3,8-9,13-14H2,1H3;1-2H3. The van der Waals surface area contributed by atoms with Crippen LogP contribution in [-0.4, -0.2) is 46.6 Å². The smallest absolute Gasteiger partial charge is 0.405 e. The molecular formula is C26H29ClF4N4O3S. The monoisotopic (exact) mass is 588 g/mol. The van der Waals surface area contributed by atoms with Gasteiger partial charge in [0.2, 0.25) is 0 Å². The van der Waals surface area contributed by atoms with Crippen molar-refractivity contribution in [2.45, 2.75) is 62.0 Å². The summed E-state index contributed by atoms with van der Waals surface area (Å²) in [7, 11) is 0. The van der Waals surface area contributed by atoms with Gasteiger partial charge in [-0.1, -0.05) is 50.2 Å². The summed E-state index contributed by atoms with van der Waals surface area (Å²) in [4.78, 5) is 17.3. The summed E-state index contributed by atoms with van der Waals surface area (Å²) in [6.45, 7) is 6.29. The van der Waals surface area contributed by atoms with Gasteiger partial charge in [-0.2, -0.15) is 9.78 Å². The van der Waals surface area contributed by atoms with Crippen molar-refractivity contribution >= 4 is 29.1 Å². The van der Waals surface area contributed by atoms with Crippen LogP contribution in [0.3, 0.4) is 0 Å². The Morgan fingerprint density at radius 3 is 2.62 bits per heavy atom. The first-order valence-electron chi connectivity index (χ1n) is 12.4. The minimum atomic E-state index is -4.83. The number of ether oxygens (including phenoxy) is 2. The lowest BCUT2D eigenvalue weighted by Crippen LogP contribution is -2.40. The van der Waals surface area contributed by atoms with E-state index >= 15 is 0 Å². The maximum absolute atomic E-state index is 14.8. The molecule has 1 atom stereocenters. The summed E-state index contributed by atoms with van der Waals surface area (Å²) in [5.74, 6) is -0.330. The molecule has 1 aliphatic rings. The highest BCUT2D eigenvalue weighted by molar-refractivity contribution is 7.99. The first-order chi connectivity index (χ1) is 18.6. The maximum atomic E-state index is 14.8. The molecular weight excluding hydrogens is 560 g/mol. The number of rotatable bonds is 8. The third-order valence-corrected chi connectivity index (χ3v) is 6.97. The summed E-state index contributed by atoms with van der Waals surface area (Å²) >= 11 is 7.22. The van der Waals surface area contributed by atoms with Gasteiger partial charge in [-0.05, 0) is 49.1 Å². The molecule has 2 aromatic heterocycles. The zero-order valence-electron chi connectivity index (χ0n) is 21.6. The van der Waals surface area contributed by atoms with Crippen molar-refractivity contribution in [1.82, 2.24) is 14.8 Å². The maximum Gasteiger partial charge on any atom is 0.573 e. The normalized spacial score (nSPS) is 17.2. The third-order valence-electron chi connectivity index (χ3n) is 5.61. The Bertz CT molecular complexity index is 1300. The minimum Gasteiger partial charge on any atom is -0.405 e. The number of nitrogens with zero attached hydrogens (tertiary/aromatic N) is 3. The van der Waals surface area contributed by atoms with Crippen molar-refractivity contribution in [3.05, 3.63) is 63.7 Å². The molecule has 0 radical (unpaired) electrons. The Hall–Kier alpha value is -2.83. The van der Waals surface area contributed by atoms with E-state index in [1.807, 2.05) is 20.8 Å². The van der Waals surface area contributed by atoms with Crippen LogP contribution >= 0.6 is 23.4 Å². The Morgan fingerprint density at radius 2 is 2.00 bits per heavy atom. The van der Waals surface area contributed by atoms with Crippen LogP contribution in [0.2, 0.25) is 5.02 Å². The van der Waals surface area contributed by atoms with Crippen LogP contribution in [0.1, 0.15) is 39.2 Å². The second-order valence-electron chi connectivity index (χ2n) is 8.39. The van der Waals surface area contributed by atoms with Crippen LogP contribution in [0.4, 0.5) is 23.2 Å². The Labute approximate surface area is 232 Å². The molecule has 3 aromatic rings. The van der Waals surface area contributed by atoms with Crippen LogP contribution < -0.4 is 15.6 Å². The lowest BCUT2D eigenvalue weighted by Gasteiger charge is -2.29. The van der Waals surface area contributed by atoms with E-state index in [-0.39, 0.29) is 34.5 Å². The number of halogens is 5. The number of anilines is 1. The zero-order valence-corrected chi connectivity index (χ0v) is 23.2. The first kappa shape index (κ1) is 30.7. The number of hydrogen-bond donors (Lipinski definition) is 1. The van der Waals surface area contributed by atoms with Crippen LogP contribution in [0.25, 0.3) is 5.69 Å². The Kier molecular flexibility index (Phi) is 10.6. The van der Waals surface area contributed by atoms with Crippen molar-refractivity contribution in [3.8, 4) is 11.4 Å². The molecule has 0 aliphatic carbocycles. The van der Waals surface area contributed by atoms with E-state index in [1.54, 1.807) is 18.2 Å². The van der Waals surface area contributed by atoms with Gasteiger partial charge < -0.3 is 14.8 Å². The molecule has 13 heteroatoms. The van der Waals surface area contributed by atoms with Gasteiger partial charge in [-0.25, -0.2) is 9.37 Å². The first-order valence-corrected chi connectivity index (χ1v) is 13.6. The van der Waals surface area contributed by atoms with Gasteiger partial charge >= 0.3 is 6.36 Å². The second-order valence-corrected chi connectivity index (χ2v) is 9.83. The van der Waals surface area contributed by atoms with Crippen molar-refractivity contribution in [3.63, 3.8) is 0 Å². The predicted molar refractivity (Wildman–Crippen MR) is 143 cm³/mol. The summed E-state index contributed by atoms with van der Waals surface area (Å²) in [6.07, 6.45) is -0.589. The van der Waals surface area contributed by atoms with E-state index in [9.17, 15) is 22.4 Å². The van der Waals surface area contributed by atoms with Crippen LogP contribution in [0.15, 0.2) is 57.4 Å². The van der Waals surface area contributed by atoms with Crippen LogP contribution in [0.5, 0.6) is 5.75 Å². The number of hydrogen-bond acceptors (Lipinski definition) is 7. The quantitative estimate of drug-likeness (QED) is 0.288. The molecule has 1 saturated heterocycles. The zero-order chi connectivity index (χ0) is 28.6. The van der Waals surface area contributed by atoms with E-state index in [0.29, 0.717) is 36.6 Å². The van der Waals surface area contributed by atoms with Gasteiger partial charge in [0.05, 0.1) is 41.8 Å².